The van der Waals surface area contributed by atoms with Crippen molar-refractivity contribution in [3.63, 3.8) is 0 Å². The van der Waals surface area contributed by atoms with Crippen molar-refractivity contribution in [3.05, 3.63) is 58.1 Å². The zero-order valence-electron chi connectivity index (χ0n) is 15.0. The van der Waals surface area contributed by atoms with Gasteiger partial charge in [0.25, 0.3) is 5.91 Å². The van der Waals surface area contributed by atoms with Gasteiger partial charge in [-0.05, 0) is 61.4 Å². The fourth-order valence-electron chi connectivity index (χ4n) is 2.17. The number of carbonyl (C=O) groups excluding carboxylic acids is 1. The molecule has 0 saturated carbocycles. The summed E-state index contributed by atoms with van der Waals surface area (Å²) >= 11 is 3.36. The average Bonchev–Trinajstić information content (AvgIpc) is 2.65. The molecule has 0 bridgehead atoms. The second kappa shape index (κ2) is 10.6. The summed E-state index contributed by atoms with van der Waals surface area (Å²) in [7, 11) is 0. The molecule has 0 fully saturated rings. The van der Waals surface area contributed by atoms with E-state index in [1.807, 2.05) is 37.3 Å². The van der Waals surface area contributed by atoms with Gasteiger partial charge in [-0.3, -0.25) is 4.79 Å². The first-order chi connectivity index (χ1) is 12.6. The van der Waals surface area contributed by atoms with E-state index in [-0.39, 0.29) is 5.91 Å². The lowest BCUT2D eigenvalue weighted by molar-refractivity contribution is 0.0951. The van der Waals surface area contributed by atoms with Gasteiger partial charge in [0, 0.05) is 4.47 Å². The number of nitrogens with one attached hydrogen (secondary N) is 1. The molecule has 0 aliphatic rings. The fraction of sp³-hybridized carbons (Fsp3) is 0.300. The largest absolute Gasteiger partial charge is 0.494 e. The second-order valence-corrected chi connectivity index (χ2v) is 6.46. The van der Waals surface area contributed by atoms with Gasteiger partial charge in [0.1, 0.15) is 11.5 Å². The van der Waals surface area contributed by atoms with Gasteiger partial charge >= 0.3 is 0 Å². The van der Waals surface area contributed by atoms with Crippen molar-refractivity contribution in [2.75, 3.05) is 13.2 Å². The standard InChI is InChI=1S/C20H23BrN2O3/c1-3-5-12-26-17-9-6-15(7-10-17)14-22-23-20(24)18-13-16(21)8-11-19(18)25-4-2/h6-11,13-14H,3-5,12H2,1-2H3,(H,23,24)/b22-14-. The average molecular weight is 419 g/mol. The number of halogens is 1. The van der Waals surface area contributed by atoms with E-state index in [9.17, 15) is 4.79 Å². The Kier molecular flexibility index (Phi) is 8.15. The third-order valence-corrected chi connectivity index (χ3v) is 4.01. The quantitative estimate of drug-likeness (QED) is 0.361. The van der Waals surface area contributed by atoms with Crippen molar-refractivity contribution in [2.24, 2.45) is 5.10 Å². The Morgan fingerprint density at radius 1 is 1.15 bits per heavy atom. The van der Waals surface area contributed by atoms with Crippen LogP contribution in [0.5, 0.6) is 11.5 Å². The molecule has 5 nitrogen and oxygen atoms in total. The normalized spacial score (nSPS) is 10.7. The molecule has 0 aliphatic heterocycles. The van der Waals surface area contributed by atoms with Gasteiger partial charge in [-0.15, -0.1) is 0 Å². The minimum atomic E-state index is -0.328. The molecule has 2 aromatic rings. The highest BCUT2D eigenvalue weighted by Crippen LogP contribution is 2.23. The molecule has 0 radical (unpaired) electrons. The van der Waals surface area contributed by atoms with Crippen molar-refractivity contribution in [3.8, 4) is 11.5 Å². The van der Waals surface area contributed by atoms with Crippen LogP contribution in [0.15, 0.2) is 52.0 Å². The summed E-state index contributed by atoms with van der Waals surface area (Å²) in [5, 5.41) is 4.02. The summed E-state index contributed by atoms with van der Waals surface area (Å²) in [4.78, 5) is 12.3. The number of nitrogens with zero attached hydrogens (tertiary/aromatic N) is 1. The summed E-state index contributed by atoms with van der Waals surface area (Å²) < 4.78 is 11.9. The number of amides is 1. The maximum absolute atomic E-state index is 12.3. The highest BCUT2D eigenvalue weighted by Gasteiger charge is 2.12. The van der Waals surface area contributed by atoms with E-state index in [2.05, 4.69) is 33.4 Å². The molecule has 1 N–H and O–H groups in total. The number of hydrogen-bond donors (Lipinski definition) is 1. The Balaban J connectivity index is 1.95. The van der Waals surface area contributed by atoms with Crippen molar-refractivity contribution >= 4 is 28.1 Å². The molecule has 26 heavy (non-hydrogen) atoms. The summed E-state index contributed by atoms with van der Waals surface area (Å²) in [6.45, 7) is 5.20. The highest BCUT2D eigenvalue weighted by atomic mass is 79.9. The number of hydrazone groups is 1. The molecule has 0 aliphatic carbocycles. The lowest BCUT2D eigenvalue weighted by Gasteiger charge is -2.09. The Labute approximate surface area is 162 Å². The van der Waals surface area contributed by atoms with Crippen LogP contribution in [0.1, 0.15) is 42.6 Å². The maximum Gasteiger partial charge on any atom is 0.275 e. The van der Waals surface area contributed by atoms with Crippen LogP contribution in [0, 0.1) is 0 Å². The summed E-state index contributed by atoms with van der Waals surface area (Å²) in [6, 6.07) is 12.8. The van der Waals surface area contributed by atoms with Crippen molar-refractivity contribution in [2.45, 2.75) is 26.7 Å². The minimum absolute atomic E-state index is 0.328. The van der Waals surface area contributed by atoms with Crippen LogP contribution in [0.3, 0.4) is 0 Å². The molecular formula is C20H23BrN2O3. The predicted molar refractivity (Wildman–Crippen MR) is 107 cm³/mol. The van der Waals surface area contributed by atoms with E-state index in [0.717, 1.165) is 35.2 Å². The van der Waals surface area contributed by atoms with Gasteiger partial charge in [-0.1, -0.05) is 29.3 Å². The molecule has 0 atom stereocenters. The zero-order chi connectivity index (χ0) is 18.8. The molecular weight excluding hydrogens is 396 g/mol. The van der Waals surface area contributed by atoms with E-state index in [0.29, 0.717) is 17.9 Å². The third-order valence-electron chi connectivity index (χ3n) is 3.51. The zero-order valence-corrected chi connectivity index (χ0v) is 16.6. The van der Waals surface area contributed by atoms with Crippen molar-refractivity contribution < 1.29 is 14.3 Å². The minimum Gasteiger partial charge on any atom is -0.494 e. The van der Waals surface area contributed by atoms with E-state index in [1.165, 1.54) is 0 Å². The molecule has 2 aromatic carbocycles. The molecule has 0 unspecified atom stereocenters. The van der Waals surface area contributed by atoms with Gasteiger partial charge in [0.05, 0.1) is 25.0 Å². The molecule has 0 saturated heterocycles. The summed E-state index contributed by atoms with van der Waals surface area (Å²) in [6.07, 6.45) is 3.73. The topological polar surface area (TPSA) is 59.9 Å². The van der Waals surface area contributed by atoms with E-state index < -0.39 is 0 Å². The number of benzene rings is 2. The number of hydrogen-bond acceptors (Lipinski definition) is 4. The summed E-state index contributed by atoms with van der Waals surface area (Å²) in [5.74, 6) is 1.03. The highest BCUT2D eigenvalue weighted by molar-refractivity contribution is 9.10. The van der Waals surface area contributed by atoms with E-state index in [4.69, 9.17) is 9.47 Å². The van der Waals surface area contributed by atoms with Crippen LogP contribution in [0.25, 0.3) is 0 Å². The first-order valence-electron chi connectivity index (χ1n) is 8.62. The van der Waals surface area contributed by atoms with Crippen LogP contribution < -0.4 is 14.9 Å². The first-order valence-corrected chi connectivity index (χ1v) is 9.42. The number of rotatable bonds is 9. The SMILES string of the molecule is CCCCOc1ccc(/C=N\NC(=O)c2cc(Br)ccc2OCC)cc1. The van der Waals surface area contributed by atoms with Crippen molar-refractivity contribution in [1.29, 1.82) is 0 Å². The summed E-state index contributed by atoms with van der Waals surface area (Å²) in [5.41, 5.74) is 3.83. The molecule has 0 heterocycles. The lowest BCUT2D eigenvalue weighted by Crippen LogP contribution is -2.18. The smallest absolute Gasteiger partial charge is 0.275 e. The fourth-order valence-corrected chi connectivity index (χ4v) is 2.53. The number of ether oxygens (including phenoxy) is 2. The second-order valence-electron chi connectivity index (χ2n) is 5.54. The molecule has 2 rings (SSSR count). The van der Waals surface area contributed by atoms with Crippen LogP contribution in [-0.4, -0.2) is 25.3 Å². The maximum atomic E-state index is 12.3. The van der Waals surface area contributed by atoms with Gasteiger partial charge in [0.15, 0.2) is 0 Å². The van der Waals surface area contributed by atoms with Crippen LogP contribution in [-0.2, 0) is 0 Å². The van der Waals surface area contributed by atoms with Crippen LogP contribution >= 0.6 is 15.9 Å². The first kappa shape index (κ1) is 20.0. The Hall–Kier alpha value is -2.34. The molecule has 1 amide bonds. The van der Waals surface area contributed by atoms with Gasteiger partial charge in [0.2, 0.25) is 0 Å². The Morgan fingerprint density at radius 2 is 1.92 bits per heavy atom. The monoisotopic (exact) mass is 418 g/mol. The van der Waals surface area contributed by atoms with Gasteiger partial charge in [-0.25, -0.2) is 5.43 Å². The molecule has 0 spiro atoms. The molecule has 6 heteroatoms. The van der Waals surface area contributed by atoms with Crippen LogP contribution in [0.2, 0.25) is 0 Å². The Morgan fingerprint density at radius 3 is 2.62 bits per heavy atom. The van der Waals surface area contributed by atoms with E-state index in [1.54, 1.807) is 18.3 Å². The third kappa shape index (κ3) is 6.19. The number of unbranched alkanes of at least 4 members (excludes halogenated alkanes) is 1. The predicted octanol–water partition coefficient (Wildman–Crippen LogP) is 4.79. The molecule has 138 valence electrons. The van der Waals surface area contributed by atoms with Crippen molar-refractivity contribution in [1.82, 2.24) is 5.43 Å². The van der Waals surface area contributed by atoms with Gasteiger partial charge in [-0.2, -0.15) is 5.10 Å². The van der Waals surface area contributed by atoms with E-state index >= 15 is 0 Å². The molecule has 0 aromatic heterocycles. The Bertz CT molecular complexity index is 745. The van der Waals surface area contributed by atoms with Crippen LogP contribution in [0.4, 0.5) is 0 Å². The lowest BCUT2D eigenvalue weighted by atomic mass is 10.2. The van der Waals surface area contributed by atoms with Gasteiger partial charge < -0.3 is 9.47 Å². The number of carbonyl (C=O) groups is 1.